The highest BCUT2D eigenvalue weighted by atomic mass is 35.5. The van der Waals surface area contributed by atoms with E-state index >= 15 is 0 Å². The van der Waals surface area contributed by atoms with Gasteiger partial charge < -0.3 is 10.4 Å². The predicted octanol–water partition coefficient (Wildman–Crippen LogP) is 2.56. The van der Waals surface area contributed by atoms with Crippen LogP contribution in [0, 0.1) is 0 Å². The lowest BCUT2D eigenvalue weighted by molar-refractivity contribution is 0.258. The quantitative estimate of drug-likeness (QED) is 0.775. The van der Waals surface area contributed by atoms with Gasteiger partial charge in [0.1, 0.15) is 0 Å². The Bertz CT molecular complexity index is 336. The van der Waals surface area contributed by atoms with Crippen LogP contribution in [0.15, 0.2) is 24.3 Å². The maximum absolute atomic E-state index is 8.68. The van der Waals surface area contributed by atoms with E-state index in [1.807, 2.05) is 12.1 Å². The summed E-state index contributed by atoms with van der Waals surface area (Å²) >= 11 is 5.97. The van der Waals surface area contributed by atoms with Crippen LogP contribution in [0.5, 0.6) is 0 Å². The summed E-state index contributed by atoms with van der Waals surface area (Å²) in [7, 11) is 0. The van der Waals surface area contributed by atoms with Gasteiger partial charge in [-0.3, -0.25) is 0 Å². The van der Waals surface area contributed by atoms with Crippen LogP contribution in [0.2, 0.25) is 5.02 Å². The second-order valence-electron chi connectivity index (χ2n) is 4.45. The molecule has 0 bridgehead atoms. The number of aliphatic hydroxyl groups excluding tert-OH is 1. The van der Waals surface area contributed by atoms with Crippen LogP contribution in [-0.4, -0.2) is 24.3 Å². The Morgan fingerprint density at radius 1 is 1.38 bits per heavy atom. The molecule has 1 aliphatic carbocycles. The molecular formula is C13H18ClNO. The Labute approximate surface area is 102 Å². The summed E-state index contributed by atoms with van der Waals surface area (Å²) < 4.78 is 0. The van der Waals surface area contributed by atoms with Crippen LogP contribution in [0.25, 0.3) is 0 Å². The Balaban J connectivity index is 1.75. The molecule has 1 aromatic rings. The lowest BCUT2D eigenvalue weighted by Crippen LogP contribution is -2.40. The standard InChI is InChI=1S/C13H18ClNO/c14-12-4-1-3-10(7-12)11-8-13(9-11)15-5-2-6-16/h1,3-4,7,11,13,15-16H,2,5-6,8-9H2. The first-order chi connectivity index (χ1) is 7.79. The van der Waals surface area contributed by atoms with Crippen molar-refractivity contribution in [2.45, 2.75) is 31.2 Å². The van der Waals surface area contributed by atoms with Crippen molar-refractivity contribution in [3.05, 3.63) is 34.9 Å². The minimum Gasteiger partial charge on any atom is -0.396 e. The van der Waals surface area contributed by atoms with Crippen LogP contribution in [0.3, 0.4) is 0 Å². The normalized spacial score (nSPS) is 24.1. The van der Waals surface area contributed by atoms with E-state index in [2.05, 4.69) is 17.4 Å². The molecule has 0 amide bonds. The van der Waals surface area contributed by atoms with Crippen molar-refractivity contribution in [3.63, 3.8) is 0 Å². The molecule has 1 fully saturated rings. The van der Waals surface area contributed by atoms with Gasteiger partial charge in [-0.15, -0.1) is 0 Å². The summed E-state index contributed by atoms with van der Waals surface area (Å²) in [6.07, 6.45) is 3.22. The van der Waals surface area contributed by atoms with E-state index in [4.69, 9.17) is 16.7 Å². The molecule has 0 heterocycles. The SMILES string of the molecule is OCCCNC1CC(c2cccc(Cl)c2)C1. The van der Waals surface area contributed by atoms with Crippen molar-refractivity contribution in [1.29, 1.82) is 0 Å². The molecule has 0 saturated heterocycles. The smallest absolute Gasteiger partial charge is 0.0443 e. The molecule has 1 aromatic carbocycles. The molecule has 2 nitrogen and oxygen atoms in total. The molecule has 0 radical (unpaired) electrons. The Morgan fingerprint density at radius 2 is 2.19 bits per heavy atom. The van der Waals surface area contributed by atoms with Crippen LogP contribution >= 0.6 is 11.6 Å². The summed E-state index contributed by atoms with van der Waals surface area (Å²) in [5.41, 5.74) is 1.35. The van der Waals surface area contributed by atoms with E-state index in [0.717, 1.165) is 18.0 Å². The summed E-state index contributed by atoms with van der Waals surface area (Å²) in [4.78, 5) is 0. The van der Waals surface area contributed by atoms with E-state index in [9.17, 15) is 0 Å². The van der Waals surface area contributed by atoms with Gasteiger partial charge in [-0.05, 0) is 49.4 Å². The van der Waals surface area contributed by atoms with Gasteiger partial charge >= 0.3 is 0 Å². The molecule has 1 saturated carbocycles. The van der Waals surface area contributed by atoms with Crippen molar-refractivity contribution in [3.8, 4) is 0 Å². The number of nitrogens with one attached hydrogen (secondary N) is 1. The van der Waals surface area contributed by atoms with Gasteiger partial charge in [-0.25, -0.2) is 0 Å². The third kappa shape index (κ3) is 2.97. The fourth-order valence-corrected chi connectivity index (χ4v) is 2.40. The van der Waals surface area contributed by atoms with E-state index < -0.39 is 0 Å². The molecule has 0 aromatic heterocycles. The molecule has 1 aliphatic rings. The van der Waals surface area contributed by atoms with Gasteiger partial charge in [-0.1, -0.05) is 23.7 Å². The molecule has 88 valence electrons. The third-order valence-corrected chi connectivity index (χ3v) is 3.46. The van der Waals surface area contributed by atoms with Gasteiger partial charge in [0.25, 0.3) is 0 Å². The van der Waals surface area contributed by atoms with Gasteiger partial charge in [0.2, 0.25) is 0 Å². The fourth-order valence-electron chi connectivity index (χ4n) is 2.20. The first-order valence-corrected chi connectivity index (χ1v) is 6.27. The molecular weight excluding hydrogens is 222 g/mol. The second kappa shape index (κ2) is 5.67. The lowest BCUT2D eigenvalue weighted by atomic mass is 9.76. The van der Waals surface area contributed by atoms with Gasteiger partial charge in [-0.2, -0.15) is 0 Å². The predicted molar refractivity (Wildman–Crippen MR) is 66.9 cm³/mol. The number of halogens is 1. The van der Waals surface area contributed by atoms with Crippen molar-refractivity contribution in [1.82, 2.24) is 5.32 Å². The van der Waals surface area contributed by atoms with E-state index in [1.54, 1.807) is 0 Å². The van der Waals surface area contributed by atoms with Crippen molar-refractivity contribution in [2.24, 2.45) is 0 Å². The molecule has 2 rings (SSSR count). The molecule has 0 spiro atoms. The minimum atomic E-state index is 0.275. The van der Waals surface area contributed by atoms with Crippen molar-refractivity contribution < 1.29 is 5.11 Å². The summed E-state index contributed by atoms with van der Waals surface area (Å²) in [6.45, 7) is 1.20. The average molecular weight is 240 g/mol. The summed E-state index contributed by atoms with van der Waals surface area (Å²) in [5, 5.41) is 12.9. The molecule has 3 heteroatoms. The topological polar surface area (TPSA) is 32.3 Å². The average Bonchev–Trinajstić information content (AvgIpc) is 2.21. The number of rotatable bonds is 5. The molecule has 2 N–H and O–H groups in total. The number of hydrogen-bond donors (Lipinski definition) is 2. The molecule has 0 unspecified atom stereocenters. The van der Waals surface area contributed by atoms with E-state index in [-0.39, 0.29) is 6.61 Å². The molecule has 0 aliphatic heterocycles. The highest BCUT2D eigenvalue weighted by Gasteiger charge is 2.29. The fraction of sp³-hybridized carbons (Fsp3) is 0.538. The van der Waals surface area contributed by atoms with Crippen LogP contribution < -0.4 is 5.32 Å². The first kappa shape index (κ1) is 11.9. The number of aliphatic hydroxyl groups is 1. The maximum atomic E-state index is 8.68. The zero-order valence-electron chi connectivity index (χ0n) is 9.32. The number of hydrogen-bond acceptors (Lipinski definition) is 2. The van der Waals surface area contributed by atoms with Gasteiger partial charge in [0.05, 0.1) is 0 Å². The molecule has 16 heavy (non-hydrogen) atoms. The van der Waals surface area contributed by atoms with Crippen LogP contribution in [0.4, 0.5) is 0 Å². The summed E-state index contributed by atoms with van der Waals surface area (Å²) in [6, 6.07) is 8.78. The largest absolute Gasteiger partial charge is 0.396 e. The van der Waals surface area contributed by atoms with Crippen LogP contribution in [0.1, 0.15) is 30.7 Å². The van der Waals surface area contributed by atoms with Crippen molar-refractivity contribution in [2.75, 3.05) is 13.2 Å². The Hall–Kier alpha value is -0.570. The van der Waals surface area contributed by atoms with E-state index in [0.29, 0.717) is 12.0 Å². The number of benzene rings is 1. The minimum absolute atomic E-state index is 0.275. The second-order valence-corrected chi connectivity index (χ2v) is 4.89. The molecule has 0 atom stereocenters. The Kier molecular flexibility index (Phi) is 4.22. The first-order valence-electron chi connectivity index (χ1n) is 5.89. The van der Waals surface area contributed by atoms with Gasteiger partial charge in [0.15, 0.2) is 0 Å². The Morgan fingerprint density at radius 3 is 2.88 bits per heavy atom. The zero-order chi connectivity index (χ0) is 11.4. The summed E-state index contributed by atoms with van der Waals surface area (Å²) in [5.74, 6) is 0.658. The third-order valence-electron chi connectivity index (χ3n) is 3.23. The highest BCUT2D eigenvalue weighted by molar-refractivity contribution is 6.30. The monoisotopic (exact) mass is 239 g/mol. The lowest BCUT2D eigenvalue weighted by Gasteiger charge is -2.36. The highest BCUT2D eigenvalue weighted by Crippen LogP contribution is 2.37. The van der Waals surface area contributed by atoms with Crippen LogP contribution in [-0.2, 0) is 0 Å². The van der Waals surface area contributed by atoms with Gasteiger partial charge in [0, 0.05) is 17.7 Å². The van der Waals surface area contributed by atoms with E-state index in [1.165, 1.54) is 18.4 Å². The maximum Gasteiger partial charge on any atom is 0.0443 e. The van der Waals surface area contributed by atoms with Crippen molar-refractivity contribution >= 4 is 11.6 Å². The zero-order valence-corrected chi connectivity index (χ0v) is 10.1.